The van der Waals surface area contributed by atoms with E-state index in [1.165, 1.54) is 0 Å². The van der Waals surface area contributed by atoms with Crippen LogP contribution in [0, 0.1) is 5.92 Å². The van der Waals surface area contributed by atoms with E-state index in [0.29, 0.717) is 5.92 Å². The van der Waals surface area contributed by atoms with Gasteiger partial charge >= 0.3 is 0 Å². The van der Waals surface area contributed by atoms with Crippen LogP contribution in [0.25, 0.3) is 0 Å². The van der Waals surface area contributed by atoms with Gasteiger partial charge in [-0.05, 0) is 56.1 Å². The maximum absolute atomic E-state index is 12.2. The predicted molar refractivity (Wildman–Crippen MR) is 96.4 cm³/mol. The predicted octanol–water partition coefficient (Wildman–Crippen LogP) is 3.90. The molecule has 1 aromatic carbocycles. The molecule has 1 N–H and O–H groups in total. The van der Waals surface area contributed by atoms with Gasteiger partial charge in [0.1, 0.15) is 5.75 Å². The molecular weight excluding hydrogens is 302 g/mol. The van der Waals surface area contributed by atoms with Crippen LogP contribution in [0.15, 0.2) is 24.3 Å². The van der Waals surface area contributed by atoms with Gasteiger partial charge in [0, 0.05) is 19.8 Å². The van der Waals surface area contributed by atoms with E-state index < -0.39 is 6.10 Å². The third-order valence-electron chi connectivity index (χ3n) is 4.64. The van der Waals surface area contributed by atoms with Crippen molar-refractivity contribution in [3.05, 3.63) is 29.8 Å². The Labute approximate surface area is 145 Å². The molecule has 0 spiro atoms. The minimum atomic E-state index is -0.479. The van der Waals surface area contributed by atoms with Crippen molar-refractivity contribution in [2.24, 2.45) is 5.92 Å². The van der Waals surface area contributed by atoms with Gasteiger partial charge in [0.15, 0.2) is 6.10 Å². The molecule has 4 nitrogen and oxygen atoms in total. The molecule has 1 aromatic rings. The van der Waals surface area contributed by atoms with E-state index in [9.17, 15) is 4.79 Å². The SMILES string of the molecule is CC(Oc1ccccc1C(C)C)C(=O)NCCCC1CCOCC1. The van der Waals surface area contributed by atoms with Crippen LogP contribution >= 0.6 is 0 Å². The third kappa shape index (κ3) is 5.82. The van der Waals surface area contributed by atoms with Crippen molar-refractivity contribution in [2.45, 2.75) is 58.5 Å². The number of benzene rings is 1. The van der Waals surface area contributed by atoms with Crippen molar-refractivity contribution in [3.63, 3.8) is 0 Å². The first-order valence-corrected chi connectivity index (χ1v) is 9.19. The molecule has 4 heteroatoms. The van der Waals surface area contributed by atoms with Gasteiger partial charge in [-0.25, -0.2) is 0 Å². The van der Waals surface area contributed by atoms with Crippen molar-refractivity contribution < 1.29 is 14.3 Å². The summed E-state index contributed by atoms with van der Waals surface area (Å²) in [4.78, 5) is 12.2. The van der Waals surface area contributed by atoms with Crippen molar-refractivity contribution in [1.29, 1.82) is 0 Å². The summed E-state index contributed by atoms with van der Waals surface area (Å²) in [6.45, 7) is 8.56. The van der Waals surface area contributed by atoms with Gasteiger partial charge in [-0.2, -0.15) is 0 Å². The molecule has 1 saturated heterocycles. The fraction of sp³-hybridized carbons (Fsp3) is 0.650. The molecule has 0 saturated carbocycles. The number of rotatable bonds is 8. The highest BCUT2D eigenvalue weighted by Gasteiger charge is 2.17. The maximum atomic E-state index is 12.2. The number of hydrogen-bond donors (Lipinski definition) is 1. The van der Waals surface area contributed by atoms with Gasteiger partial charge < -0.3 is 14.8 Å². The lowest BCUT2D eigenvalue weighted by atomic mass is 9.95. The topological polar surface area (TPSA) is 47.6 Å². The fourth-order valence-electron chi connectivity index (χ4n) is 3.09. The summed E-state index contributed by atoms with van der Waals surface area (Å²) < 4.78 is 11.3. The number of para-hydroxylation sites is 1. The average molecular weight is 333 g/mol. The summed E-state index contributed by atoms with van der Waals surface area (Å²) in [5.41, 5.74) is 1.14. The van der Waals surface area contributed by atoms with E-state index in [0.717, 1.165) is 62.7 Å². The summed E-state index contributed by atoms with van der Waals surface area (Å²) in [5.74, 6) is 1.89. The van der Waals surface area contributed by atoms with Crippen LogP contribution in [-0.2, 0) is 9.53 Å². The number of nitrogens with one attached hydrogen (secondary N) is 1. The van der Waals surface area contributed by atoms with E-state index in [4.69, 9.17) is 9.47 Å². The van der Waals surface area contributed by atoms with Crippen molar-refractivity contribution >= 4 is 5.91 Å². The van der Waals surface area contributed by atoms with Gasteiger partial charge in [0.05, 0.1) is 0 Å². The summed E-state index contributed by atoms with van der Waals surface area (Å²) in [6.07, 6.45) is 4.01. The zero-order chi connectivity index (χ0) is 17.4. The molecule has 1 unspecified atom stereocenters. The number of amides is 1. The monoisotopic (exact) mass is 333 g/mol. The molecule has 1 atom stereocenters. The Morgan fingerprint density at radius 2 is 1.96 bits per heavy atom. The number of carbonyl (C=O) groups excluding carboxylic acids is 1. The van der Waals surface area contributed by atoms with Crippen molar-refractivity contribution in [1.82, 2.24) is 5.32 Å². The maximum Gasteiger partial charge on any atom is 0.260 e. The largest absolute Gasteiger partial charge is 0.481 e. The lowest BCUT2D eigenvalue weighted by Crippen LogP contribution is -2.37. The van der Waals surface area contributed by atoms with E-state index in [2.05, 4.69) is 25.2 Å². The van der Waals surface area contributed by atoms with Crippen LogP contribution in [0.3, 0.4) is 0 Å². The number of carbonyl (C=O) groups is 1. The lowest BCUT2D eigenvalue weighted by Gasteiger charge is -2.22. The number of ether oxygens (including phenoxy) is 2. The minimum absolute atomic E-state index is 0.0412. The molecule has 1 amide bonds. The number of hydrogen-bond acceptors (Lipinski definition) is 3. The smallest absolute Gasteiger partial charge is 0.260 e. The zero-order valence-electron chi connectivity index (χ0n) is 15.2. The quantitative estimate of drug-likeness (QED) is 0.734. The molecular formula is C20H31NO3. The summed E-state index contributed by atoms with van der Waals surface area (Å²) in [7, 11) is 0. The summed E-state index contributed by atoms with van der Waals surface area (Å²) in [6, 6.07) is 7.94. The molecule has 1 aliphatic heterocycles. The van der Waals surface area contributed by atoms with E-state index >= 15 is 0 Å². The van der Waals surface area contributed by atoms with Crippen LogP contribution < -0.4 is 10.1 Å². The highest BCUT2D eigenvalue weighted by molar-refractivity contribution is 5.80. The highest BCUT2D eigenvalue weighted by atomic mass is 16.5. The molecule has 0 aromatic heterocycles. The first-order chi connectivity index (χ1) is 11.6. The van der Waals surface area contributed by atoms with Crippen LogP contribution in [0.4, 0.5) is 0 Å². The summed E-state index contributed by atoms with van der Waals surface area (Å²) in [5, 5.41) is 3.00. The first kappa shape index (κ1) is 18.8. The second-order valence-corrected chi connectivity index (χ2v) is 6.94. The molecule has 2 rings (SSSR count). The Morgan fingerprint density at radius 3 is 2.67 bits per heavy atom. The van der Waals surface area contributed by atoms with Crippen molar-refractivity contribution in [3.8, 4) is 5.75 Å². The molecule has 1 fully saturated rings. The van der Waals surface area contributed by atoms with Gasteiger partial charge in [-0.15, -0.1) is 0 Å². The fourth-order valence-corrected chi connectivity index (χ4v) is 3.09. The van der Waals surface area contributed by atoms with Crippen LogP contribution in [-0.4, -0.2) is 31.8 Å². The van der Waals surface area contributed by atoms with E-state index in [1.807, 2.05) is 25.1 Å². The van der Waals surface area contributed by atoms with Gasteiger partial charge in [0.2, 0.25) is 0 Å². The van der Waals surface area contributed by atoms with Gasteiger partial charge in [-0.1, -0.05) is 32.0 Å². The zero-order valence-corrected chi connectivity index (χ0v) is 15.2. The Morgan fingerprint density at radius 1 is 1.25 bits per heavy atom. The van der Waals surface area contributed by atoms with Crippen molar-refractivity contribution in [2.75, 3.05) is 19.8 Å². The molecule has 0 radical (unpaired) electrons. The van der Waals surface area contributed by atoms with Crippen LogP contribution in [0.1, 0.15) is 57.9 Å². The van der Waals surface area contributed by atoms with Gasteiger partial charge in [0.25, 0.3) is 5.91 Å². The minimum Gasteiger partial charge on any atom is -0.481 e. The summed E-state index contributed by atoms with van der Waals surface area (Å²) >= 11 is 0. The second-order valence-electron chi connectivity index (χ2n) is 6.94. The molecule has 1 heterocycles. The average Bonchev–Trinajstić information content (AvgIpc) is 2.59. The Bertz CT molecular complexity index is 509. The molecule has 1 aliphatic rings. The first-order valence-electron chi connectivity index (χ1n) is 9.19. The van der Waals surface area contributed by atoms with E-state index in [-0.39, 0.29) is 5.91 Å². The van der Waals surface area contributed by atoms with Crippen LogP contribution in [0.2, 0.25) is 0 Å². The Balaban J connectivity index is 1.72. The molecule has 0 bridgehead atoms. The highest BCUT2D eigenvalue weighted by Crippen LogP contribution is 2.26. The molecule has 134 valence electrons. The normalized spacial score (nSPS) is 16.8. The van der Waals surface area contributed by atoms with E-state index in [1.54, 1.807) is 0 Å². The Hall–Kier alpha value is -1.55. The molecule has 24 heavy (non-hydrogen) atoms. The van der Waals surface area contributed by atoms with Gasteiger partial charge in [-0.3, -0.25) is 4.79 Å². The second kappa shape index (κ2) is 9.67. The Kier molecular flexibility index (Phi) is 7.57. The third-order valence-corrected chi connectivity index (χ3v) is 4.64. The molecule has 0 aliphatic carbocycles. The standard InChI is InChI=1S/C20H31NO3/c1-15(2)18-8-4-5-9-19(18)24-16(3)20(22)21-12-6-7-17-10-13-23-14-11-17/h4-5,8-9,15-17H,6-7,10-14H2,1-3H3,(H,21,22). The van der Waals surface area contributed by atoms with Crippen LogP contribution in [0.5, 0.6) is 5.75 Å². The lowest BCUT2D eigenvalue weighted by molar-refractivity contribution is -0.127.